The van der Waals surface area contributed by atoms with Gasteiger partial charge >= 0.3 is 0 Å². The number of hydrogen-bond acceptors (Lipinski definition) is 5. The number of tetrazole rings is 1. The molecule has 2 aromatic carbocycles. The Labute approximate surface area is 188 Å². The molecule has 3 heterocycles. The third kappa shape index (κ3) is 4.88. The number of carbonyl (C=O) groups is 1. The predicted molar refractivity (Wildman–Crippen MR) is 122 cm³/mol. The first-order valence-electron chi connectivity index (χ1n) is 11.7. The number of nitrogens with zero attached hydrogens (tertiary/aromatic N) is 5. The Kier molecular flexibility index (Phi) is 6.25. The van der Waals surface area contributed by atoms with Gasteiger partial charge in [-0.3, -0.25) is 9.69 Å². The standard InChI is InChI=1S/C25H30N6O/c32-24(12-7-15-31-28-25(27-29-31)20-10-5-2-6-11-20)26-21-16-22-13-14-23(17-21)30(22)18-19-8-3-1-4-9-19/h1-6,8-11,21-23H,7,12-18H2,(H,26,32). The van der Waals surface area contributed by atoms with Gasteiger partial charge in [0.15, 0.2) is 0 Å². The lowest BCUT2D eigenvalue weighted by molar-refractivity contribution is -0.122. The zero-order valence-corrected chi connectivity index (χ0v) is 18.3. The van der Waals surface area contributed by atoms with Crippen molar-refractivity contribution < 1.29 is 4.79 Å². The molecule has 1 N–H and O–H groups in total. The largest absolute Gasteiger partial charge is 0.353 e. The Morgan fingerprint density at radius 2 is 1.66 bits per heavy atom. The van der Waals surface area contributed by atoms with Crippen LogP contribution in [0.5, 0.6) is 0 Å². The molecule has 0 radical (unpaired) electrons. The zero-order valence-electron chi connectivity index (χ0n) is 18.3. The first-order chi connectivity index (χ1) is 15.7. The van der Waals surface area contributed by atoms with E-state index in [2.05, 4.69) is 56.0 Å². The maximum absolute atomic E-state index is 12.5. The van der Waals surface area contributed by atoms with Gasteiger partial charge in [0, 0.05) is 36.7 Å². The maximum Gasteiger partial charge on any atom is 0.220 e. The molecular formula is C25H30N6O. The van der Waals surface area contributed by atoms with Crippen LogP contribution in [-0.2, 0) is 17.9 Å². The van der Waals surface area contributed by atoms with E-state index in [1.54, 1.807) is 4.80 Å². The number of rotatable bonds is 8. The van der Waals surface area contributed by atoms with Crippen LogP contribution in [0.1, 0.15) is 44.1 Å². The molecule has 0 aliphatic carbocycles. The van der Waals surface area contributed by atoms with E-state index in [9.17, 15) is 4.79 Å². The van der Waals surface area contributed by atoms with Gasteiger partial charge in [-0.15, -0.1) is 10.2 Å². The molecule has 2 saturated heterocycles. The van der Waals surface area contributed by atoms with Gasteiger partial charge in [0.05, 0.1) is 6.54 Å². The van der Waals surface area contributed by atoms with Crippen molar-refractivity contribution in [2.24, 2.45) is 0 Å². The van der Waals surface area contributed by atoms with Crippen molar-refractivity contribution >= 4 is 5.91 Å². The van der Waals surface area contributed by atoms with Crippen LogP contribution in [-0.4, -0.2) is 49.1 Å². The second-order valence-electron chi connectivity index (χ2n) is 8.96. The van der Waals surface area contributed by atoms with E-state index in [4.69, 9.17) is 0 Å². The lowest BCUT2D eigenvalue weighted by atomic mass is 9.96. The summed E-state index contributed by atoms with van der Waals surface area (Å²) < 4.78 is 0. The van der Waals surface area contributed by atoms with Crippen LogP contribution in [0.4, 0.5) is 0 Å². The summed E-state index contributed by atoms with van der Waals surface area (Å²) in [6, 6.07) is 22.0. The van der Waals surface area contributed by atoms with E-state index in [0.717, 1.165) is 24.9 Å². The number of aromatic nitrogens is 4. The summed E-state index contributed by atoms with van der Waals surface area (Å²) in [5.41, 5.74) is 2.33. The molecule has 7 heteroatoms. The van der Waals surface area contributed by atoms with Crippen LogP contribution in [0.25, 0.3) is 11.4 Å². The van der Waals surface area contributed by atoms with E-state index in [0.29, 0.717) is 43.3 Å². The van der Waals surface area contributed by atoms with Crippen LogP contribution in [0.15, 0.2) is 60.7 Å². The summed E-state index contributed by atoms with van der Waals surface area (Å²) in [6.07, 6.45) is 5.79. The summed E-state index contributed by atoms with van der Waals surface area (Å²) in [4.78, 5) is 16.8. The van der Waals surface area contributed by atoms with Crippen LogP contribution in [0, 0.1) is 0 Å². The van der Waals surface area contributed by atoms with Crippen LogP contribution in [0.2, 0.25) is 0 Å². The molecule has 1 amide bonds. The summed E-state index contributed by atoms with van der Waals surface area (Å²) in [7, 11) is 0. The predicted octanol–water partition coefficient (Wildman–Crippen LogP) is 3.43. The summed E-state index contributed by atoms with van der Waals surface area (Å²) in [5.74, 6) is 0.752. The molecular weight excluding hydrogens is 400 g/mol. The maximum atomic E-state index is 12.5. The van der Waals surface area contributed by atoms with Gasteiger partial charge in [-0.25, -0.2) is 0 Å². The highest BCUT2D eigenvalue weighted by Gasteiger charge is 2.40. The molecule has 2 unspecified atom stereocenters. The molecule has 1 aromatic heterocycles. The van der Waals surface area contributed by atoms with E-state index in [1.807, 2.05) is 30.3 Å². The van der Waals surface area contributed by atoms with Crippen LogP contribution < -0.4 is 5.32 Å². The van der Waals surface area contributed by atoms with Gasteiger partial charge in [0.25, 0.3) is 0 Å². The number of aryl methyl sites for hydroxylation is 1. The Morgan fingerprint density at radius 1 is 0.969 bits per heavy atom. The number of hydrogen-bond donors (Lipinski definition) is 1. The molecule has 2 bridgehead atoms. The molecule has 5 rings (SSSR count). The van der Waals surface area contributed by atoms with Gasteiger partial charge in [-0.1, -0.05) is 60.7 Å². The van der Waals surface area contributed by atoms with E-state index >= 15 is 0 Å². The Morgan fingerprint density at radius 3 is 2.38 bits per heavy atom. The Balaban J connectivity index is 1.06. The molecule has 166 valence electrons. The number of piperidine rings is 1. The highest BCUT2D eigenvalue weighted by molar-refractivity contribution is 5.76. The topological polar surface area (TPSA) is 75.9 Å². The Bertz CT molecular complexity index is 1010. The summed E-state index contributed by atoms with van der Waals surface area (Å²) in [6.45, 7) is 1.61. The summed E-state index contributed by atoms with van der Waals surface area (Å²) in [5, 5.41) is 15.9. The molecule has 0 spiro atoms. The minimum atomic E-state index is 0.134. The number of amides is 1. The fourth-order valence-corrected chi connectivity index (χ4v) is 5.17. The van der Waals surface area contributed by atoms with Gasteiger partial charge in [-0.2, -0.15) is 4.80 Å². The second kappa shape index (κ2) is 9.61. The van der Waals surface area contributed by atoms with Crippen molar-refractivity contribution in [1.82, 2.24) is 30.4 Å². The van der Waals surface area contributed by atoms with Crippen molar-refractivity contribution in [3.8, 4) is 11.4 Å². The van der Waals surface area contributed by atoms with Crippen LogP contribution in [0.3, 0.4) is 0 Å². The third-order valence-electron chi connectivity index (χ3n) is 6.70. The summed E-state index contributed by atoms with van der Waals surface area (Å²) >= 11 is 0. The fourth-order valence-electron chi connectivity index (χ4n) is 5.17. The lowest BCUT2D eigenvalue weighted by Crippen LogP contribution is -2.49. The minimum Gasteiger partial charge on any atom is -0.353 e. The number of fused-ring (bicyclic) bond motifs is 2. The SMILES string of the molecule is O=C(CCCn1nnc(-c2ccccc2)n1)NC1CC2CCC(C1)N2Cc1ccccc1. The first kappa shape index (κ1) is 20.8. The number of nitrogens with one attached hydrogen (secondary N) is 1. The van der Waals surface area contributed by atoms with Crippen molar-refractivity contribution in [2.45, 2.75) is 69.7 Å². The average Bonchev–Trinajstić information content (AvgIpc) is 3.37. The number of benzene rings is 2. The van der Waals surface area contributed by atoms with E-state index in [-0.39, 0.29) is 5.91 Å². The minimum absolute atomic E-state index is 0.134. The number of carbonyl (C=O) groups excluding carboxylic acids is 1. The van der Waals surface area contributed by atoms with Crippen molar-refractivity contribution in [3.63, 3.8) is 0 Å². The van der Waals surface area contributed by atoms with Crippen LogP contribution >= 0.6 is 0 Å². The van der Waals surface area contributed by atoms with Crippen molar-refractivity contribution in [3.05, 3.63) is 66.2 Å². The molecule has 32 heavy (non-hydrogen) atoms. The quantitative estimate of drug-likeness (QED) is 0.593. The van der Waals surface area contributed by atoms with Crippen molar-refractivity contribution in [2.75, 3.05) is 0 Å². The van der Waals surface area contributed by atoms with Gasteiger partial charge in [-0.05, 0) is 42.9 Å². The second-order valence-corrected chi connectivity index (χ2v) is 8.96. The zero-order chi connectivity index (χ0) is 21.8. The van der Waals surface area contributed by atoms with E-state index < -0.39 is 0 Å². The molecule has 3 aromatic rings. The molecule has 2 aliphatic rings. The lowest BCUT2D eigenvalue weighted by Gasteiger charge is -2.39. The monoisotopic (exact) mass is 430 g/mol. The smallest absolute Gasteiger partial charge is 0.220 e. The molecule has 2 atom stereocenters. The van der Waals surface area contributed by atoms with Crippen molar-refractivity contribution in [1.29, 1.82) is 0 Å². The van der Waals surface area contributed by atoms with E-state index in [1.165, 1.54) is 18.4 Å². The fraction of sp³-hybridized carbons (Fsp3) is 0.440. The molecule has 2 fully saturated rings. The normalized spacial score (nSPS) is 22.7. The Hall–Kier alpha value is -3.06. The molecule has 2 aliphatic heterocycles. The van der Waals surface area contributed by atoms with Gasteiger partial charge < -0.3 is 5.32 Å². The average molecular weight is 431 g/mol. The van der Waals surface area contributed by atoms with Gasteiger partial charge in [0.2, 0.25) is 11.7 Å². The highest BCUT2D eigenvalue weighted by Crippen LogP contribution is 2.36. The first-order valence-corrected chi connectivity index (χ1v) is 11.7. The highest BCUT2D eigenvalue weighted by atomic mass is 16.1. The third-order valence-corrected chi connectivity index (χ3v) is 6.70. The molecule has 0 saturated carbocycles. The van der Waals surface area contributed by atoms with Gasteiger partial charge in [0.1, 0.15) is 0 Å². The molecule has 7 nitrogen and oxygen atoms in total.